The third-order valence-corrected chi connectivity index (χ3v) is 4.10. The maximum absolute atomic E-state index is 12.4. The summed E-state index contributed by atoms with van der Waals surface area (Å²) in [5, 5.41) is 10.7. The zero-order valence-corrected chi connectivity index (χ0v) is 14.7. The molecule has 2 heterocycles. The number of halogens is 1. The van der Waals surface area contributed by atoms with E-state index in [9.17, 15) is 9.59 Å². The van der Waals surface area contributed by atoms with Crippen LogP contribution in [0.5, 0.6) is 0 Å². The Morgan fingerprint density at radius 3 is 2.69 bits per heavy atom. The van der Waals surface area contributed by atoms with Gasteiger partial charge >= 0.3 is 11.6 Å². The van der Waals surface area contributed by atoms with Crippen LogP contribution in [0.3, 0.4) is 0 Å². The number of fused-ring (bicyclic) bond motifs is 1. The van der Waals surface area contributed by atoms with Gasteiger partial charge in [0, 0.05) is 15.4 Å². The maximum Gasteiger partial charge on any atom is 0.349 e. The van der Waals surface area contributed by atoms with Gasteiger partial charge in [0.1, 0.15) is 11.1 Å². The molecular weight excluding hydrogens is 402 g/mol. The molecule has 0 unspecified atom stereocenters. The summed E-state index contributed by atoms with van der Waals surface area (Å²) in [5.41, 5.74) is 0.209. The summed E-state index contributed by atoms with van der Waals surface area (Å²) >= 11 is 3.36. The van der Waals surface area contributed by atoms with Gasteiger partial charge in [0.2, 0.25) is 5.89 Å². The van der Waals surface area contributed by atoms with Gasteiger partial charge in [-0.2, -0.15) is 0 Å². The lowest BCUT2D eigenvalue weighted by Crippen LogP contribution is -2.20. The zero-order valence-electron chi connectivity index (χ0n) is 13.1. The van der Waals surface area contributed by atoms with Crippen LogP contribution >= 0.6 is 15.9 Å². The lowest BCUT2D eigenvalue weighted by atomic mass is 10.2. The lowest BCUT2D eigenvalue weighted by Gasteiger charge is -2.01. The number of rotatable bonds is 3. The Bertz CT molecular complexity index is 1180. The Balaban J connectivity index is 1.61. The number of carbonyl (C=O) groups is 1. The van der Waals surface area contributed by atoms with Crippen LogP contribution in [0.15, 0.2) is 72.7 Å². The molecular formula is C18H10BrN3O4. The van der Waals surface area contributed by atoms with E-state index >= 15 is 0 Å². The van der Waals surface area contributed by atoms with Crippen LogP contribution in [0.1, 0.15) is 10.4 Å². The van der Waals surface area contributed by atoms with Crippen LogP contribution in [0, 0.1) is 0 Å². The number of nitrogens with one attached hydrogen (secondary N) is 1. The van der Waals surface area contributed by atoms with Gasteiger partial charge < -0.3 is 8.83 Å². The van der Waals surface area contributed by atoms with E-state index in [4.69, 9.17) is 8.83 Å². The summed E-state index contributed by atoms with van der Waals surface area (Å²) in [7, 11) is 0. The SMILES string of the molecule is O=C(Nc1nnc(-c2cccc(Br)c2)o1)c1cc2ccccc2oc1=O. The van der Waals surface area contributed by atoms with E-state index in [0.29, 0.717) is 16.5 Å². The van der Waals surface area contributed by atoms with E-state index < -0.39 is 11.5 Å². The second-order valence-electron chi connectivity index (χ2n) is 5.36. The molecule has 26 heavy (non-hydrogen) atoms. The topological polar surface area (TPSA) is 98.2 Å². The zero-order chi connectivity index (χ0) is 18.1. The summed E-state index contributed by atoms with van der Waals surface area (Å²) < 4.78 is 11.4. The van der Waals surface area contributed by atoms with Crippen molar-refractivity contribution in [2.45, 2.75) is 0 Å². The van der Waals surface area contributed by atoms with Gasteiger partial charge in [0.15, 0.2) is 0 Å². The van der Waals surface area contributed by atoms with Crippen molar-refractivity contribution in [2.24, 2.45) is 0 Å². The van der Waals surface area contributed by atoms with E-state index in [1.54, 1.807) is 36.4 Å². The molecule has 7 nitrogen and oxygen atoms in total. The highest BCUT2D eigenvalue weighted by molar-refractivity contribution is 9.10. The van der Waals surface area contributed by atoms with Crippen molar-refractivity contribution in [3.8, 4) is 11.5 Å². The first-order valence-corrected chi connectivity index (χ1v) is 8.33. The predicted molar refractivity (Wildman–Crippen MR) is 97.9 cm³/mol. The molecule has 0 radical (unpaired) electrons. The quantitative estimate of drug-likeness (QED) is 0.514. The van der Waals surface area contributed by atoms with Gasteiger partial charge in [-0.25, -0.2) is 4.79 Å². The van der Waals surface area contributed by atoms with Gasteiger partial charge in [-0.15, -0.1) is 5.10 Å². The van der Waals surface area contributed by atoms with Crippen molar-refractivity contribution in [2.75, 3.05) is 5.32 Å². The minimum Gasteiger partial charge on any atom is -0.422 e. The largest absolute Gasteiger partial charge is 0.422 e. The summed E-state index contributed by atoms with van der Waals surface area (Å²) in [6, 6.07) is 15.6. The minimum absolute atomic E-state index is 0.113. The van der Waals surface area contributed by atoms with E-state index in [0.717, 1.165) is 4.47 Å². The number of benzene rings is 2. The first kappa shape index (κ1) is 16.2. The fraction of sp³-hybridized carbons (Fsp3) is 0. The minimum atomic E-state index is -0.743. The van der Waals surface area contributed by atoms with Crippen molar-refractivity contribution in [1.82, 2.24) is 10.2 Å². The first-order valence-electron chi connectivity index (χ1n) is 7.54. The molecule has 1 amide bonds. The highest BCUT2D eigenvalue weighted by Gasteiger charge is 2.17. The normalized spacial score (nSPS) is 10.8. The fourth-order valence-electron chi connectivity index (χ4n) is 2.40. The maximum atomic E-state index is 12.4. The van der Waals surface area contributed by atoms with Crippen LogP contribution in [0.25, 0.3) is 22.4 Å². The highest BCUT2D eigenvalue weighted by atomic mass is 79.9. The molecule has 4 aromatic rings. The molecule has 2 aromatic carbocycles. The molecule has 0 atom stereocenters. The number of hydrogen-bond donors (Lipinski definition) is 1. The van der Waals surface area contributed by atoms with E-state index in [2.05, 4.69) is 31.4 Å². The van der Waals surface area contributed by atoms with Crippen molar-refractivity contribution in [1.29, 1.82) is 0 Å². The van der Waals surface area contributed by atoms with Crippen LogP contribution in [-0.2, 0) is 0 Å². The molecule has 0 aliphatic carbocycles. The van der Waals surface area contributed by atoms with Crippen molar-refractivity contribution in [3.63, 3.8) is 0 Å². The predicted octanol–water partition coefficient (Wildman–Crippen LogP) is 3.86. The average Bonchev–Trinajstić information content (AvgIpc) is 3.09. The molecule has 1 N–H and O–H groups in total. The van der Waals surface area contributed by atoms with Crippen LogP contribution in [0.4, 0.5) is 6.01 Å². The lowest BCUT2D eigenvalue weighted by molar-refractivity contribution is 0.102. The van der Waals surface area contributed by atoms with Gasteiger partial charge in [-0.3, -0.25) is 10.1 Å². The van der Waals surface area contributed by atoms with E-state index in [-0.39, 0.29) is 17.5 Å². The van der Waals surface area contributed by atoms with Crippen molar-refractivity contribution in [3.05, 3.63) is 75.1 Å². The summed E-state index contributed by atoms with van der Waals surface area (Å²) in [6.07, 6.45) is 0. The number of amides is 1. The number of hydrogen-bond acceptors (Lipinski definition) is 6. The molecule has 0 saturated carbocycles. The summed E-state index contributed by atoms with van der Waals surface area (Å²) in [4.78, 5) is 24.4. The van der Waals surface area contributed by atoms with Gasteiger partial charge in [-0.1, -0.05) is 45.3 Å². The van der Waals surface area contributed by atoms with Crippen LogP contribution in [-0.4, -0.2) is 16.1 Å². The van der Waals surface area contributed by atoms with E-state index in [1.165, 1.54) is 6.07 Å². The molecule has 0 bridgehead atoms. The molecule has 0 saturated heterocycles. The molecule has 2 aromatic heterocycles. The van der Waals surface area contributed by atoms with Crippen molar-refractivity contribution >= 4 is 38.8 Å². The molecule has 0 aliphatic heterocycles. The fourth-order valence-corrected chi connectivity index (χ4v) is 2.80. The Labute approximate surface area is 154 Å². The number of anilines is 1. The smallest absolute Gasteiger partial charge is 0.349 e. The molecule has 4 rings (SSSR count). The Morgan fingerprint density at radius 1 is 1.00 bits per heavy atom. The monoisotopic (exact) mass is 411 g/mol. The number of aromatic nitrogens is 2. The first-order chi connectivity index (χ1) is 12.6. The Morgan fingerprint density at radius 2 is 1.85 bits per heavy atom. The van der Waals surface area contributed by atoms with Crippen molar-refractivity contribution < 1.29 is 13.6 Å². The number of carbonyl (C=O) groups excluding carboxylic acids is 1. The molecule has 0 aliphatic rings. The number of para-hydroxylation sites is 1. The average molecular weight is 412 g/mol. The summed E-state index contributed by atoms with van der Waals surface area (Å²) in [5.74, 6) is -0.443. The van der Waals surface area contributed by atoms with E-state index in [1.807, 2.05) is 12.1 Å². The standard InChI is InChI=1S/C18H10BrN3O4/c19-12-6-3-5-11(8-12)16-21-22-18(26-16)20-15(23)13-9-10-4-1-2-7-14(10)25-17(13)24/h1-9H,(H,20,22,23). The number of nitrogens with zero attached hydrogens (tertiary/aromatic N) is 2. The Hall–Kier alpha value is -3.26. The highest BCUT2D eigenvalue weighted by Crippen LogP contribution is 2.23. The summed E-state index contributed by atoms with van der Waals surface area (Å²) in [6.45, 7) is 0. The van der Waals surface area contributed by atoms with Crippen LogP contribution < -0.4 is 10.9 Å². The van der Waals surface area contributed by atoms with Gasteiger partial charge in [0.05, 0.1) is 0 Å². The second-order valence-corrected chi connectivity index (χ2v) is 6.28. The van der Waals surface area contributed by atoms with Gasteiger partial charge in [0.25, 0.3) is 5.91 Å². The Kier molecular flexibility index (Phi) is 4.10. The van der Waals surface area contributed by atoms with Crippen LogP contribution in [0.2, 0.25) is 0 Å². The third-order valence-electron chi connectivity index (χ3n) is 3.60. The second kappa shape index (κ2) is 6.57. The molecule has 8 heteroatoms. The molecule has 0 fully saturated rings. The molecule has 128 valence electrons. The molecule has 0 spiro atoms. The third kappa shape index (κ3) is 3.14. The van der Waals surface area contributed by atoms with Gasteiger partial charge in [-0.05, 0) is 30.3 Å².